The summed E-state index contributed by atoms with van der Waals surface area (Å²) >= 11 is 9.46. The molecule has 0 bridgehead atoms. The summed E-state index contributed by atoms with van der Waals surface area (Å²) in [5, 5.41) is 11.1. The third-order valence-electron chi connectivity index (χ3n) is 5.06. The van der Waals surface area contributed by atoms with E-state index in [0.29, 0.717) is 44.1 Å². The first-order valence-electron chi connectivity index (χ1n) is 8.97. The maximum atomic E-state index is 11.6. The van der Waals surface area contributed by atoms with Gasteiger partial charge in [-0.05, 0) is 55.7 Å². The van der Waals surface area contributed by atoms with E-state index < -0.39 is 5.60 Å². The molecule has 0 unspecified atom stereocenters. The molecule has 0 aliphatic carbocycles. The smallest absolute Gasteiger partial charge is 0.161 e. The van der Waals surface area contributed by atoms with Crippen LogP contribution in [0.3, 0.4) is 0 Å². The highest BCUT2D eigenvalue weighted by Gasteiger charge is 2.36. The largest absolute Gasteiger partial charge is 0.489 e. The second kappa shape index (κ2) is 8.74. The van der Waals surface area contributed by atoms with Gasteiger partial charge in [-0.25, -0.2) is 0 Å². The van der Waals surface area contributed by atoms with Crippen LogP contribution in [0.15, 0.2) is 46.9 Å². The third-order valence-corrected chi connectivity index (χ3v) is 5.81. The monoisotopic (exact) mass is 451 g/mol. The Labute approximate surface area is 173 Å². The standard InChI is InChI=1S/C21H23BrClNO3/c1-15(25)21(26)8-10-24(11-9-21)13-17-12-18(22)4-7-20(17)27-14-16-2-5-19(23)6-3-16/h2-7,12,26H,8-11,13-14H2,1H3. The highest BCUT2D eigenvalue weighted by molar-refractivity contribution is 9.10. The molecule has 0 radical (unpaired) electrons. The zero-order chi connectivity index (χ0) is 19.4. The number of halogens is 2. The Morgan fingerprint density at radius 2 is 1.89 bits per heavy atom. The van der Waals surface area contributed by atoms with Crippen LogP contribution in [-0.4, -0.2) is 34.5 Å². The van der Waals surface area contributed by atoms with E-state index in [0.717, 1.165) is 21.3 Å². The summed E-state index contributed by atoms with van der Waals surface area (Å²) in [6, 6.07) is 13.6. The van der Waals surface area contributed by atoms with E-state index in [9.17, 15) is 9.90 Å². The number of carbonyl (C=O) groups is 1. The first-order chi connectivity index (χ1) is 12.9. The minimum absolute atomic E-state index is 0.142. The Balaban J connectivity index is 1.66. The Bertz CT molecular complexity index is 802. The fourth-order valence-corrected chi connectivity index (χ4v) is 3.76. The Hall–Kier alpha value is -1.40. The first-order valence-corrected chi connectivity index (χ1v) is 10.1. The first kappa shape index (κ1) is 20.3. The molecule has 0 atom stereocenters. The molecule has 144 valence electrons. The van der Waals surface area contributed by atoms with Crippen molar-refractivity contribution in [2.24, 2.45) is 0 Å². The van der Waals surface area contributed by atoms with Crippen LogP contribution in [0.25, 0.3) is 0 Å². The van der Waals surface area contributed by atoms with E-state index in [2.05, 4.69) is 26.9 Å². The van der Waals surface area contributed by atoms with Crippen molar-refractivity contribution in [3.8, 4) is 5.75 Å². The lowest BCUT2D eigenvalue weighted by molar-refractivity contribution is -0.140. The van der Waals surface area contributed by atoms with E-state index in [1.807, 2.05) is 36.4 Å². The van der Waals surface area contributed by atoms with Gasteiger partial charge in [-0.2, -0.15) is 0 Å². The lowest BCUT2D eigenvalue weighted by atomic mass is 9.88. The molecule has 2 aromatic carbocycles. The molecule has 1 saturated heterocycles. The molecular formula is C21H23BrClNO3. The van der Waals surface area contributed by atoms with Crippen molar-refractivity contribution >= 4 is 33.3 Å². The maximum Gasteiger partial charge on any atom is 0.161 e. The van der Waals surface area contributed by atoms with Crippen LogP contribution < -0.4 is 4.74 Å². The number of Topliss-reactive ketones (excluding diaryl/α,β-unsaturated/α-hetero) is 1. The van der Waals surface area contributed by atoms with Gasteiger partial charge in [0.15, 0.2) is 5.78 Å². The number of benzene rings is 2. The molecule has 1 aliphatic rings. The van der Waals surface area contributed by atoms with Gasteiger partial charge in [0, 0.05) is 34.7 Å². The molecule has 1 heterocycles. The maximum absolute atomic E-state index is 11.6. The van der Waals surface area contributed by atoms with Crippen LogP contribution in [0.4, 0.5) is 0 Å². The van der Waals surface area contributed by atoms with Gasteiger partial charge >= 0.3 is 0 Å². The van der Waals surface area contributed by atoms with Crippen LogP contribution in [0, 0.1) is 0 Å². The zero-order valence-corrected chi connectivity index (χ0v) is 17.6. The normalized spacial score (nSPS) is 16.9. The molecule has 0 saturated carbocycles. The molecule has 6 heteroatoms. The fourth-order valence-electron chi connectivity index (χ4n) is 3.23. The minimum atomic E-state index is -1.16. The van der Waals surface area contributed by atoms with Gasteiger partial charge in [-0.3, -0.25) is 9.69 Å². The third kappa shape index (κ3) is 5.32. The van der Waals surface area contributed by atoms with Crippen molar-refractivity contribution in [2.45, 2.75) is 38.5 Å². The van der Waals surface area contributed by atoms with Crippen LogP contribution in [0.1, 0.15) is 30.9 Å². The average molecular weight is 453 g/mol. The van der Waals surface area contributed by atoms with Gasteiger partial charge < -0.3 is 9.84 Å². The van der Waals surface area contributed by atoms with Crippen LogP contribution in [-0.2, 0) is 17.9 Å². The van der Waals surface area contributed by atoms with Gasteiger partial charge in [0.1, 0.15) is 18.0 Å². The molecule has 3 rings (SSSR count). The van der Waals surface area contributed by atoms with Crippen molar-refractivity contribution in [2.75, 3.05) is 13.1 Å². The minimum Gasteiger partial charge on any atom is -0.489 e. The number of nitrogens with zero attached hydrogens (tertiary/aromatic N) is 1. The summed E-state index contributed by atoms with van der Waals surface area (Å²) < 4.78 is 7.04. The number of aliphatic hydroxyl groups is 1. The molecule has 0 spiro atoms. The SMILES string of the molecule is CC(=O)C1(O)CCN(Cc2cc(Br)ccc2OCc2ccc(Cl)cc2)CC1. The van der Waals surface area contributed by atoms with E-state index in [4.69, 9.17) is 16.3 Å². The summed E-state index contributed by atoms with van der Waals surface area (Å²) in [5.74, 6) is 0.692. The Kier molecular flexibility index (Phi) is 6.58. The fraction of sp³-hybridized carbons (Fsp3) is 0.381. The van der Waals surface area contributed by atoms with Crippen molar-refractivity contribution in [3.05, 3.63) is 63.1 Å². The summed E-state index contributed by atoms with van der Waals surface area (Å²) in [6.07, 6.45) is 0.939. The lowest BCUT2D eigenvalue weighted by Gasteiger charge is -2.36. The number of piperidine rings is 1. The van der Waals surface area contributed by atoms with Crippen molar-refractivity contribution in [1.82, 2.24) is 4.90 Å². The predicted molar refractivity (Wildman–Crippen MR) is 110 cm³/mol. The van der Waals surface area contributed by atoms with Crippen molar-refractivity contribution < 1.29 is 14.6 Å². The van der Waals surface area contributed by atoms with Gasteiger partial charge in [0.25, 0.3) is 0 Å². The number of carbonyl (C=O) groups excluding carboxylic acids is 1. The topological polar surface area (TPSA) is 49.8 Å². The van der Waals surface area contributed by atoms with Crippen molar-refractivity contribution in [3.63, 3.8) is 0 Å². The van der Waals surface area contributed by atoms with Gasteiger partial charge in [-0.15, -0.1) is 0 Å². The predicted octanol–water partition coefficient (Wildman–Crippen LogP) is 4.60. The van der Waals surface area contributed by atoms with E-state index in [-0.39, 0.29) is 5.78 Å². The number of likely N-dealkylation sites (tertiary alicyclic amines) is 1. The molecular weight excluding hydrogens is 430 g/mol. The van der Waals surface area contributed by atoms with Gasteiger partial charge in [0.05, 0.1) is 0 Å². The summed E-state index contributed by atoms with van der Waals surface area (Å²) in [6.45, 7) is 4.00. The number of rotatable bonds is 6. The Morgan fingerprint density at radius 1 is 1.22 bits per heavy atom. The number of hydrogen-bond acceptors (Lipinski definition) is 4. The summed E-state index contributed by atoms with van der Waals surface area (Å²) in [7, 11) is 0. The summed E-state index contributed by atoms with van der Waals surface area (Å²) in [4.78, 5) is 13.9. The molecule has 1 fully saturated rings. The van der Waals surface area contributed by atoms with E-state index in [1.165, 1.54) is 6.92 Å². The van der Waals surface area contributed by atoms with Crippen LogP contribution in [0.2, 0.25) is 5.02 Å². The number of hydrogen-bond donors (Lipinski definition) is 1. The molecule has 1 N–H and O–H groups in total. The van der Waals surface area contributed by atoms with E-state index >= 15 is 0 Å². The van der Waals surface area contributed by atoms with Crippen molar-refractivity contribution in [1.29, 1.82) is 0 Å². The zero-order valence-electron chi connectivity index (χ0n) is 15.3. The molecule has 4 nitrogen and oxygen atoms in total. The second-order valence-corrected chi connectivity index (χ2v) is 8.38. The van der Waals surface area contributed by atoms with Gasteiger partial charge in [-0.1, -0.05) is 39.7 Å². The number of ketones is 1. The number of ether oxygens (including phenoxy) is 1. The average Bonchev–Trinajstić information content (AvgIpc) is 2.64. The lowest BCUT2D eigenvalue weighted by Crippen LogP contribution is -2.48. The van der Waals surface area contributed by atoms with E-state index in [1.54, 1.807) is 0 Å². The molecule has 27 heavy (non-hydrogen) atoms. The Morgan fingerprint density at radius 3 is 2.52 bits per heavy atom. The van der Waals surface area contributed by atoms with Gasteiger partial charge in [0.2, 0.25) is 0 Å². The second-order valence-electron chi connectivity index (χ2n) is 7.03. The van der Waals surface area contributed by atoms with Crippen LogP contribution >= 0.6 is 27.5 Å². The van der Waals surface area contributed by atoms with Crippen LogP contribution in [0.5, 0.6) is 5.75 Å². The molecule has 0 aromatic heterocycles. The molecule has 0 amide bonds. The quantitative estimate of drug-likeness (QED) is 0.696. The summed E-state index contributed by atoms with van der Waals surface area (Å²) in [5.41, 5.74) is 0.964. The molecule has 2 aromatic rings. The molecule has 1 aliphatic heterocycles. The highest BCUT2D eigenvalue weighted by Crippen LogP contribution is 2.29. The highest BCUT2D eigenvalue weighted by atomic mass is 79.9.